The molecule has 1 N–H and O–H groups in total. The van der Waals surface area contributed by atoms with Crippen molar-refractivity contribution in [3.63, 3.8) is 0 Å². The van der Waals surface area contributed by atoms with Gasteiger partial charge in [0.25, 0.3) is 0 Å². The van der Waals surface area contributed by atoms with Gasteiger partial charge in [-0.15, -0.1) is 0 Å². The van der Waals surface area contributed by atoms with E-state index >= 15 is 0 Å². The Hall–Kier alpha value is -2.10. The lowest BCUT2D eigenvalue weighted by molar-refractivity contribution is 0.339. The molecular weight excluding hydrogens is 250 g/mol. The van der Waals surface area contributed by atoms with E-state index < -0.39 is 0 Å². The van der Waals surface area contributed by atoms with Crippen LogP contribution in [0.1, 0.15) is 36.8 Å². The quantitative estimate of drug-likeness (QED) is 0.874. The van der Waals surface area contributed by atoms with Gasteiger partial charge >= 0.3 is 0 Å². The number of ether oxygens (including phenoxy) is 1. The second-order valence-corrected chi connectivity index (χ2v) is 4.98. The van der Waals surface area contributed by atoms with Gasteiger partial charge in [0, 0.05) is 25.0 Å². The van der Waals surface area contributed by atoms with Crippen LogP contribution in [0.25, 0.3) is 0 Å². The molecule has 1 saturated carbocycles. The number of nitrogens with one attached hydrogen (secondary N) is 1. The van der Waals surface area contributed by atoms with E-state index in [4.69, 9.17) is 4.74 Å². The van der Waals surface area contributed by atoms with Crippen LogP contribution in [0.5, 0.6) is 5.75 Å². The van der Waals surface area contributed by atoms with Crippen molar-refractivity contribution < 1.29 is 4.74 Å². The van der Waals surface area contributed by atoms with Crippen LogP contribution in [-0.4, -0.2) is 16.6 Å². The molecule has 1 aromatic heterocycles. The molecular formula is C16H18N3O. The molecule has 0 aliphatic heterocycles. The van der Waals surface area contributed by atoms with Crippen molar-refractivity contribution in [2.24, 2.45) is 0 Å². The largest absolute Gasteiger partial charge is 0.494 e. The zero-order valence-electron chi connectivity index (χ0n) is 11.6. The van der Waals surface area contributed by atoms with Crippen molar-refractivity contribution in [2.75, 3.05) is 11.9 Å². The maximum Gasteiger partial charge on any atom is 0.222 e. The summed E-state index contributed by atoms with van der Waals surface area (Å²) < 4.78 is 5.65. The molecule has 0 atom stereocenters. The molecule has 0 saturated heterocycles. The van der Waals surface area contributed by atoms with E-state index in [1.54, 1.807) is 12.4 Å². The summed E-state index contributed by atoms with van der Waals surface area (Å²) in [6.45, 7) is 3.40. The van der Waals surface area contributed by atoms with Gasteiger partial charge < -0.3 is 10.1 Å². The van der Waals surface area contributed by atoms with Crippen molar-refractivity contribution in [1.29, 1.82) is 0 Å². The second kappa shape index (κ2) is 5.90. The van der Waals surface area contributed by atoms with Crippen LogP contribution in [0, 0.1) is 6.07 Å². The lowest BCUT2D eigenvalue weighted by Crippen LogP contribution is -2.04. The minimum atomic E-state index is 0.624. The standard InChI is InChI=1S/C16H18N3O/c1-2-20-15-9-12(8-14(10-15)13-4-5-13)11-19-16-17-6-3-7-18-16/h6-10,13H,2,4-5,11H2,1H3,(H,17,18,19). The third kappa shape index (κ3) is 3.26. The van der Waals surface area contributed by atoms with Gasteiger partial charge in [0.15, 0.2) is 0 Å². The van der Waals surface area contributed by atoms with Crippen molar-refractivity contribution >= 4 is 5.95 Å². The highest BCUT2D eigenvalue weighted by atomic mass is 16.5. The number of rotatable bonds is 6. The van der Waals surface area contributed by atoms with Crippen molar-refractivity contribution in [3.05, 3.63) is 47.8 Å². The Bertz CT molecular complexity index is 567. The molecule has 0 amide bonds. The number of benzene rings is 1. The summed E-state index contributed by atoms with van der Waals surface area (Å²) in [6, 6.07) is 9.31. The highest BCUT2D eigenvalue weighted by molar-refractivity contribution is 5.39. The Morgan fingerprint density at radius 1 is 1.25 bits per heavy atom. The monoisotopic (exact) mass is 268 g/mol. The molecule has 1 fully saturated rings. The smallest absolute Gasteiger partial charge is 0.222 e. The van der Waals surface area contributed by atoms with E-state index in [9.17, 15) is 0 Å². The number of hydrogen-bond acceptors (Lipinski definition) is 4. The predicted octanol–water partition coefficient (Wildman–Crippen LogP) is 3.16. The molecule has 4 heteroatoms. The van der Waals surface area contributed by atoms with Gasteiger partial charge in [-0.05, 0) is 48.9 Å². The average Bonchev–Trinajstić information content (AvgIpc) is 3.31. The summed E-state index contributed by atoms with van der Waals surface area (Å²) >= 11 is 0. The molecule has 3 rings (SSSR count). The van der Waals surface area contributed by atoms with Crippen LogP contribution in [0.3, 0.4) is 0 Å². The number of aromatic nitrogens is 2. The lowest BCUT2D eigenvalue weighted by atomic mass is 10.1. The zero-order chi connectivity index (χ0) is 13.8. The molecule has 1 aliphatic rings. The summed E-state index contributed by atoms with van der Waals surface area (Å²) in [5.74, 6) is 2.30. The molecule has 1 heterocycles. The molecule has 103 valence electrons. The Morgan fingerprint density at radius 3 is 2.75 bits per heavy atom. The zero-order valence-corrected chi connectivity index (χ0v) is 11.6. The van der Waals surface area contributed by atoms with Gasteiger partial charge in [-0.3, -0.25) is 0 Å². The van der Waals surface area contributed by atoms with Crippen molar-refractivity contribution in [2.45, 2.75) is 32.2 Å². The van der Waals surface area contributed by atoms with Crippen LogP contribution in [0.2, 0.25) is 0 Å². The molecule has 1 aliphatic carbocycles. The molecule has 0 spiro atoms. The number of hydrogen-bond donors (Lipinski definition) is 1. The Kier molecular flexibility index (Phi) is 3.81. The third-order valence-corrected chi connectivity index (χ3v) is 3.32. The van der Waals surface area contributed by atoms with Gasteiger partial charge in [0.2, 0.25) is 5.95 Å². The Labute approximate surface area is 119 Å². The fourth-order valence-electron chi connectivity index (χ4n) is 2.23. The molecule has 1 radical (unpaired) electrons. The van der Waals surface area contributed by atoms with E-state index in [0.717, 1.165) is 11.7 Å². The lowest BCUT2D eigenvalue weighted by Gasteiger charge is -2.10. The normalized spacial score (nSPS) is 14.1. The number of nitrogens with zero attached hydrogens (tertiary/aromatic N) is 2. The van der Waals surface area contributed by atoms with Gasteiger partial charge in [0.1, 0.15) is 5.75 Å². The Morgan fingerprint density at radius 2 is 2.05 bits per heavy atom. The topological polar surface area (TPSA) is 47.0 Å². The molecule has 1 aromatic carbocycles. The predicted molar refractivity (Wildman–Crippen MR) is 77.8 cm³/mol. The van der Waals surface area contributed by atoms with Gasteiger partial charge in [0.05, 0.1) is 6.61 Å². The van der Waals surface area contributed by atoms with Crippen molar-refractivity contribution in [3.8, 4) is 5.75 Å². The van der Waals surface area contributed by atoms with Gasteiger partial charge in [-0.25, -0.2) is 9.97 Å². The van der Waals surface area contributed by atoms with Crippen molar-refractivity contribution in [1.82, 2.24) is 9.97 Å². The number of anilines is 1. The van der Waals surface area contributed by atoms with Gasteiger partial charge in [-0.2, -0.15) is 0 Å². The molecule has 4 nitrogen and oxygen atoms in total. The first-order valence-corrected chi connectivity index (χ1v) is 7.04. The molecule has 2 aromatic rings. The van der Waals surface area contributed by atoms with Crippen LogP contribution >= 0.6 is 0 Å². The van der Waals surface area contributed by atoms with E-state index in [1.807, 2.05) is 6.92 Å². The van der Waals surface area contributed by atoms with E-state index in [1.165, 1.54) is 24.0 Å². The third-order valence-electron chi connectivity index (χ3n) is 3.32. The maximum atomic E-state index is 5.65. The minimum Gasteiger partial charge on any atom is -0.494 e. The maximum absolute atomic E-state index is 5.65. The first-order chi connectivity index (χ1) is 9.85. The first-order valence-electron chi connectivity index (χ1n) is 7.04. The summed E-state index contributed by atoms with van der Waals surface area (Å²) in [7, 11) is 0. The highest BCUT2D eigenvalue weighted by Gasteiger charge is 2.24. The summed E-state index contributed by atoms with van der Waals surface area (Å²) in [5.41, 5.74) is 2.59. The minimum absolute atomic E-state index is 0.624. The van der Waals surface area contributed by atoms with Gasteiger partial charge in [-0.1, -0.05) is 6.07 Å². The summed E-state index contributed by atoms with van der Waals surface area (Å²) in [4.78, 5) is 8.23. The van der Waals surface area contributed by atoms with E-state index in [-0.39, 0.29) is 0 Å². The fraction of sp³-hybridized carbons (Fsp3) is 0.375. The average molecular weight is 268 g/mol. The Balaban J connectivity index is 1.74. The summed E-state index contributed by atoms with van der Waals surface area (Å²) in [6.07, 6.45) is 5.81. The second-order valence-electron chi connectivity index (χ2n) is 4.98. The fourth-order valence-corrected chi connectivity index (χ4v) is 2.23. The molecule has 20 heavy (non-hydrogen) atoms. The van der Waals surface area contributed by atoms with Crippen LogP contribution in [0.4, 0.5) is 5.95 Å². The van der Waals surface area contributed by atoms with E-state index in [2.05, 4.69) is 39.6 Å². The van der Waals surface area contributed by atoms with E-state index in [0.29, 0.717) is 19.1 Å². The first kappa shape index (κ1) is 12.9. The molecule has 0 unspecified atom stereocenters. The SMILES string of the molecule is CCOc1cc(CNc2nc[c]cn2)cc(C2CC2)c1. The van der Waals surface area contributed by atoms with Crippen LogP contribution in [-0.2, 0) is 6.54 Å². The highest BCUT2D eigenvalue weighted by Crippen LogP contribution is 2.41. The summed E-state index contributed by atoms with van der Waals surface area (Å²) in [5, 5.41) is 3.22. The molecule has 0 bridgehead atoms. The van der Waals surface area contributed by atoms with Crippen LogP contribution < -0.4 is 10.1 Å². The van der Waals surface area contributed by atoms with Crippen LogP contribution in [0.15, 0.2) is 30.6 Å².